The van der Waals surface area contributed by atoms with Crippen LogP contribution in [-0.4, -0.2) is 23.2 Å². The molecule has 0 unspecified atom stereocenters. The molecule has 1 aliphatic heterocycles. The van der Waals surface area contributed by atoms with Crippen LogP contribution in [0.3, 0.4) is 0 Å². The molecule has 82 valence electrons. The molecule has 0 atom stereocenters. The highest BCUT2D eigenvalue weighted by atomic mass is 16.5. The molecule has 1 aromatic carbocycles. The lowest BCUT2D eigenvalue weighted by Crippen LogP contribution is -2.17. The molecule has 2 heterocycles. The number of aromatic nitrogens is 2. The Morgan fingerprint density at radius 1 is 1.06 bits per heavy atom. The first-order valence-corrected chi connectivity index (χ1v) is 5.57. The maximum atomic E-state index is 5.27. The third-order valence-corrected chi connectivity index (χ3v) is 2.82. The van der Waals surface area contributed by atoms with Gasteiger partial charge in [0.15, 0.2) is 0 Å². The predicted molar refractivity (Wildman–Crippen MR) is 61.2 cm³/mol. The average Bonchev–Trinajstić information content (AvgIpc) is 3.01. The summed E-state index contributed by atoms with van der Waals surface area (Å²) in [7, 11) is 0. The molecular formula is C12H13N3O. The Morgan fingerprint density at radius 3 is 2.56 bits per heavy atom. The first-order valence-electron chi connectivity index (χ1n) is 5.57. The summed E-state index contributed by atoms with van der Waals surface area (Å²) < 4.78 is 5.27. The van der Waals surface area contributed by atoms with Gasteiger partial charge in [-0.1, -0.05) is 35.5 Å². The van der Waals surface area contributed by atoms with Gasteiger partial charge in [0.25, 0.3) is 0 Å². The molecule has 1 fully saturated rings. The first kappa shape index (κ1) is 9.39. The van der Waals surface area contributed by atoms with Crippen LogP contribution < -0.4 is 4.90 Å². The summed E-state index contributed by atoms with van der Waals surface area (Å²) in [4.78, 5) is 6.55. The molecule has 0 saturated carbocycles. The van der Waals surface area contributed by atoms with E-state index < -0.39 is 0 Å². The van der Waals surface area contributed by atoms with Gasteiger partial charge in [-0.3, -0.25) is 0 Å². The summed E-state index contributed by atoms with van der Waals surface area (Å²) in [5.74, 6) is 0.669. The van der Waals surface area contributed by atoms with E-state index in [9.17, 15) is 0 Å². The minimum atomic E-state index is 0.649. The lowest BCUT2D eigenvalue weighted by Gasteiger charge is -2.09. The van der Waals surface area contributed by atoms with E-state index in [4.69, 9.17) is 4.52 Å². The van der Waals surface area contributed by atoms with Crippen LogP contribution in [0.5, 0.6) is 0 Å². The lowest BCUT2D eigenvalue weighted by molar-refractivity contribution is 0.419. The van der Waals surface area contributed by atoms with Gasteiger partial charge in [-0.05, 0) is 12.8 Å². The number of hydrogen-bond donors (Lipinski definition) is 0. The van der Waals surface area contributed by atoms with Crippen molar-refractivity contribution in [2.75, 3.05) is 18.0 Å². The quantitative estimate of drug-likeness (QED) is 0.771. The zero-order valence-corrected chi connectivity index (χ0v) is 8.97. The molecule has 3 rings (SSSR count). The van der Waals surface area contributed by atoms with E-state index in [-0.39, 0.29) is 0 Å². The third kappa shape index (κ3) is 1.66. The van der Waals surface area contributed by atoms with Crippen LogP contribution in [-0.2, 0) is 0 Å². The van der Waals surface area contributed by atoms with Crippen molar-refractivity contribution in [3.63, 3.8) is 0 Å². The normalized spacial score (nSPS) is 15.6. The maximum Gasteiger partial charge on any atom is 0.324 e. The summed E-state index contributed by atoms with van der Waals surface area (Å²) in [5, 5.41) is 4.00. The molecule has 4 heteroatoms. The smallest absolute Gasteiger partial charge is 0.324 e. The van der Waals surface area contributed by atoms with Crippen molar-refractivity contribution >= 4 is 6.01 Å². The lowest BCUT2D eigenvalue weighted by atomic mass is 10.2. The van der Waals surface area contributed by atoms with Crippen LogP contribution >= 0.6 is 0 Å². The van der Waals surface area contributed by atoms with Gasteiger partial charge in [-0.15, -0.1) is 0 Å². The molecule has 1 saturated heterocycles. The summed E-state index contributed by atoms with van der Waals surface area (Å²) in [6.07, 6.45) is 2.42. The third-order valence-electron chi connectivity index (χ3n) is 2.82. The Morgan fingerprint density at radius 2 is 1.81 bits per heavy atom. The van der Waals surface area contributed by atoms with Crippen LogP contribution in [0, 0.1) is 0 Å². The average molecular weight is 215 g/mol. The molecule has 16 heavy (non-hydrogen) atoms. The van der Waals surface area contributed by atoms with Crippen molar-refractivity contribution in [3.05, 3.63) is 30.3 Å². The highest BCUT2D eigenvalue weighted by Gasteiger charge is 2.18. The molecule has 1 aromatic heterocycles. The molecule has 0 N–H and O–H groups in total. The molecule has 4 nitrogen and oxygen atoms in total. The van der Waals surface area contributed by atoms with Gasteiger partial charge in [0.2, 0.25) is 5.82 Å². The maximum absolute atomic E-state index is 5.27. The second-order valence-corrected chi connectivity index (χ2v) is 3.96. The molecule has 0 bridgehead atoms. The van der Waals surface area contributed by atoms with Gasteiger partial charge < -0.3 is 9.42 Å². The van der Waals surface area contributed by atoms with Crippen molar-refractivity contribution in [2.45, 2.75) is 12.8 Å². The molecule has 0 aliphatic carbocycles. The molecule has 0 amide bonds. The predicted octanol–water partition coefficient (Wildman–Crippen LogP) is 2.34. The van der Waals surface area contributed by atoms with Crippen molar-refractivity contribution in [2.24, 2.45) is 0 Å². The summed E-state index contributed by atoms with van der Waals surface area (Å²) >= 11 is 0. The van der Waals surface area contributed by atoms with E-state index in [1.807, 2.05) is 30.3 Å². The van der Waals surface area contributed by atoms with Gasteiger partial charge in [0, 0.05) is 18.7 Å². The van der Waals surface area contributed by atoms with E-state index in [0.29, 0.717) is 11.8 Å². The topological polar surface area (TPSA) is 42.2 Å². The van der Waals surface area contributed by atoms with Crippen LogP contribution in [0.15, 0.2) is 34.9 Å². The fourth-order valence-corrected chi connectivity index (χ4v) is 1.96. The second kappa shape index (κ2) is 3.96. The summed E-state index contributed by atoms with van der Waals surface area (Å²) in [6.45, 7) is 2.05. The zero-order valence-electron chi connectivity index (χ0n) is 8.97. The fraction of sp³-hybridized carbons (Fsp3) is 0.333. The minimum Gasteiger partial charge on any atom is -0.324 e. The summed E-state index contributed by atoms with van der Waals surface area (Å²) in [5.41, 5.74) is 0.997. The molecule has 0 spiro atoms. The first-order chi connectivity index (χ1) is 7.93. The largest absolute Gasteiger partial charge is 0.324 e. The van der Waals surface area contributed by atoms with E-state index in [1.165, 1.54) is 12.8 Å². The van der Waals surface area contributed by atoms with Gasteiger partial charge in [-0.25, -0.2) is 0 Å². The Kier molecular flexibility index (Phi) is 2.33. The number of benzene rings is 1. The van der Waals surface area contributed by atoms with Crippen molar-refractivity contribution in [3.8, 4) is 11.4 Å². The van der Waals surface area contributed by atoms with Crippen LogP contribution in [0.1, 0.15) is 12.8 Å². The van der Waals surface area contributed by atoms with E-state index in [2.05, 4.69) is 15.0 Å². The van der Waals surface area contributed by atoms with Gasteiger partial charge in [0.1, 0.15) is 0 Å². The highest BCUT2D eigenvalue weighted by molar-refractivity contribution is 5.55. The summed E-state index contributed by atoms with van der Waals surface area (Å²) in [6, 6.07) is 10.5. The second-order valence-electron chi connectivity index (χ2n) is 3.96. The van der Waals surface area contributed by atoms with Gasteiger partial charge >= 0.3 is 6.01 Å². The standard InChI is InChI=1S/C12H13N3O/c1-2-6-10(7-3-1)11-13-12(16-14-11)15-8-4-5-9-15/h1-3,6-7H,4-5,8-9H2. The van der Waals surface area contributed by atoms with E-state index in [0.717, 1.165) is 18.7 Å². The van der Waals surface area contributed by atoms with Crippen molar-refractivity contribution < 1.29 is 4.52 Å². The van der Waals surface area contributed by atoms with Crippen LogP contribution in [0.2, 0.25) is 0 Å². The highest BCUT2D eigenvalue weighted by Crippen LogP contribution is 2.22. The van der Waals surface area contributed by atoms with E-state index in [1.54, 1.807) is 0 Å². The minimum absolute atomic E-state index is 0.649. The van der Waals surface area contributed by atoms with Gasteiger partial charge in [0.05, 0.1) is 0 Å². The SMILES string of the molecule is c1ccc(-c2noc(N3CCCC3)n2)cc1. The van der Waals surface area contributed by atoms with Crippen molar-refractivity contribution in [1.82, 2.24) is 10.1 Å². The van der Waals surface area contributed by atoms with Gasteiger partial charge in [-0.2, -0.15) is 4.98 Å². The molecule has 1 aliphatic rings. The molecule has 2 aromatic rings. The Hall–Kier alpha value is -1.84. The number of hydrogen-bond acceptors (Lipinski definition) is 4. The molecular weight excluding hydrogens is 202 g/mol. The van der Waals surface area contributed by atoms with E-state index >= 15 is 0 Å². The monoisotopic (exact) mass is 215 g/mol. The van der Waals surface area contributed by atoms with Crippen molar-refractivity contribution in [1.29, 1.82) is 0 Å². The zero-order chi connectivity index (χ0) is 10.8. The number of anilines is 1. The van der Waals surface area contributed by atoms with Crippen LogP contribution in [0.4, 0.5) is 6.01 Å². The van der Waals surface area contributed by atoms with Crippen LogP contribution in [0.25, 0.3) is 11.4 Å². The Bertz CT molecular complexity index is 460. The Labute approximate surface area is 93.9 Å². The number of rotatable bonds is 2. The Balaban J connectivity index is 1.87. The molecule has 0 radical (unpaired) electrons. The number of nitrogens with zero attached hydrogens (tertiary/aromatic N) is 3. The fourth-order valence-electron chi connectivity index (χ4n) is 1.96.